The Balaban J connectivity index is 2.13. The molecule has 0 aliphatic carbocycles. The first-order valence-electron chi connectivity index (χ1n) is 12.9. The molecule has 0 atom stereocenters. The topological polar surface area (TPSA) is 4.93 Å². The van der Waals surface area contributed by atoms with E-state index in [0.717, 1.165) is 0 Å². The highest BCUT2D eigenvalue weighted by Gasteiger charge is 2.31. The van der Waals surface area contributed by atoms with Crippen LogP contribution in [0.5, 0.6) is 0 Å². The van der Waals surface area contributed by atoms with E-state index in [2.05, 4.69) is 0 Å². The van der Waals surface area contributed by atoms with Gasteiger partial charge in [0.1, 0.15) is 133 Å². The van der Waals surface area contributed by atoms with E-state index in [1.165, 1.54) is 0 Å². The van der Waals surface area contributed by atoms with Crippen LogP contribution in [0.25, 0.3) is 21.8 Å². The molecular formula is C26H4B17N. The van der Waals surface area contributed by atoms with Crippen molar-refractivity contribution in [3.05, 3.63) is 16.7 Å². The highest BCUT2D eigenvalue weighted by Crippen LogP contribution is 2.29. The van der Waals surface area contributed by atoms with Gasteiger partial charge in [0.05, 0.1) is 0 Å². The molecule has 44 heavy (non-hydrogen) atoms. The van der Waals surface area contributed by atoms with Crippen molar-refractivity contribution in [3.63, 3.8) is 0 Å². The van der Waals surface area contributed by atoms with E-state index in [4.69, 9.17) is 133 Å². The molecule has 0 spiro atoms. The molecule has 0 aliphatic rings. The number of hydrogen-bond donors (Lipinski definition) is 0. The van der Waals surface area contributed by atoms with E-state index in [1.807, 2.05) is 0 Å². The summed E-state index contributed by atoms with van der Waals surface area (Å²) in [5.74, 6) is -1.24. The molecule has 34 radical (unpaired) electrons. The molecule has 5 rings (SSSR count). The molecule has 0 bridgehead atoms. The molecule has 0 aliphatic heterocycles. The predicted molar refractivity (Wildman–Crippen MR) is 206 cm³/mol. The minimum Gasteiger partial charge on any atom is -0.345 e. The molecule has 0 saturated heterocycles. The zero-order valence-corrected chi connectivity index (χ0v) is 23.8. The van der Waals surface area contributed by atoms with Crippen LogP contribution in [0.3, 0.4) is 0 Å². The summed E-state index contributed by atoms with van der Waals surface area (Å²) < 4.78 is 1.66. The molecule has 0 amide bonds. The summed E-state index contributed by atoms with van der Waals surface area (Å²) in [7, 11) is 111. The van der Waals surface area contributed by atoms with E-state index >= 15 is 0 Å². The lowest BCUT2D eigenvalue weighted by molar-refractivity contribution is 1.02. The maximum atomic E-state index is 7.01. The average Bonchev–Trinajstić information content (AvgIpc) is 3.30. The first-order valence-corrected chi connectivity index (χ1v) is 12.9. The van der Waals surface area contributed by atoms with Crippen LogP contribution in [0.4, 0.5) is 0 Å². The standard InChI is InChI=1S/C26H4B17N/c1-44-25-6(7-14(33)19(38)22(41)24(43)26(7)44)8(27)3(13(32)23(25)42)2(4-9(28)15(34)20(39)16(35)10(4)29)5-11(30)17(36)21(40)18(37)12(5)31/h2H,1H3. The Labute approximate surface area is 281 Å². The molecule has 1 aromatic heterocycles. The van der Waals surface area contributed by atoms with E-state index in [1.54, 1.807) is 11.6 Å². The zero-order chi connectivity index (χ0) is 33.0. The highest BCUT2D eigenvalue weighted by molar-refractivity contribution is 6.71. The van der Waals surface area contributed by atoms with E-state index < -0.39 is 5.92 Å². The fourth-order valence-corrected chi connectivity index (χ4v) is 6.05. The summed E-state index contributed by atoms with van der Waals surface area (Å²) in [4.78, 5) is 0. The first kappa shape index (κ1) is 33.2. The normalized spacial score (nSPS) is 11.7. The van der Waals surface area contributed by atoms with Crippen molar-refractivity contribution < 1.29 is 0 Å². The van der Waals surface area contributed by atoms with Crippen LogP contribution in [0, 0.1) is 0 Å². The van der Waals surface area contributed by atoms with Crippen molar-refractivity contribution >= 4 is 248 Å². The summed E-state index contributed by atoms with van der Waals surface area (Å²) in [5, 5.41) is 0.706. The van der Waals surface area contributed by atoms with Crippen molar-refractivity contribution in [1.29, 1.82) is 0 Å². The SMILES string of the molecule is [B]c1c([B])c([B])c(C(c2c([B])c([B])c([B])c([B])c2[B])c2c([B])c([B])c3c(c2[B])c2c([B])c([B])c([B])c([B])c2n3C)c([B])c1[B]. The van der Waals surface area contributed by atoms with Crippen LogP contribution < -0.4 is 92.9 Å². The Hall–Kier alpha value is -2.22. The van der Waals surface area contributed by atoms with Gasteiger partial charge in [0.2, 0.25) is 0 Å². The van der Waals surface area contributed by atoms with Crippen LogP contribution >= 0.6 is 0 Å². The van der Waals surface area contributed by atoms with E-state index in [0.29, 0.717) is 21.8 Å². The second-order valence-electron chi connectivity index (χ2n) is 10.7. The fraction of sp³-hybridized carbons (Fsp3) is 0.0769. The van der Waals surface area contributed by atoms with Gasteiger partial charge in [-0.2, -0.15) is 0 Å². The number of aromatic nitrogens is 1. The van der Waals surface area contributed by atoms with E-state index in [-0.39, 0.29) is 110 Å². The lowest BCUT2D eigenvalue weighted by atomic mass is 9.53. The largest absolute Gasteiger partial charge is 0.345 e. The summed E-state index contributed by atoms with van der Waals surface area (Å²) in [6, 6.07) is 0. The van der Waals surface area contributed by atoms with E-state index in [9.17, 15) is 0 Å². The molecule has 164 valence electrons. The summed E-state index contributed by atoms with van der Waals surface area (Å²) in [5.41, 5.74) is 1.04. The van der Waals surface area contributed by atoms with Gasteiger partial charge in [-0.3, -0.25) is 0 Å². The molecule has 0 saturated carbocycles. The minimum atomic E-state index is -1.24. The van der Waals surface area contributed by atoms with Gasteiger partial charge >= 0.3 is 0 Å². The molecule has 0 N–H and O–H groups in total. The molecule has 18 heteroatoms. The van der Waals surface area contributed by atoms with Gasteiger partial charge in [-0.05, 0) is 10.8 Å². The molecular weight excluding hydrogens is 510 g/mol. The Kier molecular flexibility index (Phi) is 8.47. The number of aryl methyl sites for hydroxylation is 1. The predicted octanol–water partition coefficient (Wildman–Crippen LogP) is -14.0. The monoisotopic (exact) mass is 517 g/mol. The average molecular weight is 514 g/mol. The Morgan fingerprint density at radius 1 is 0.295 bits per heavy atom. The van der Waals surface area contributed by atoms with Crippen molar-refractivity contribution in [3.8, 4) is 0 Å². The van der Waals surface area contributed by atoms with Gasteiger partial charge in [-0.25, -0.2) is 0 Å². The van der Waals surface area contributed by atoms with Gasteiger partial charge in [-0.1, -0.05) is 44.0 Å². The minimum absolute atomic E-state index is 0.00970. The van der Waals surface area contributed by atoms with Crippen LogP contribution in [0.15, 0.2) is 0 Å². The van der Waals surface area contributed by atoms with Crippen LogP contribution in [0.2, 0.25) is 0 Å². The summed E-state index contributed by atoms with van der Waals surface area (Å²) in [6.45, 7) is 0. The maximum absolute atomic E-state index is 7.01. The summed E-state index contributed by atoms with van der Waals surface area (Å²) >= 11 is 0. The number of fused-ring (bicyclic) bond motifs is 3. The van der Waals surface area contributed by atoms with Gasteiger partial charge in [0.25, 0.3) is 0 Å². The van der Waals surface area contributed by atoms with Crippen LogP contribution in [-0.4, -0.2) is 138 Å². The summed E-state index contributed by atoms with van der Waals surface area (Å²) in [6.07, 6.45) is 0. The zero-order valence-electron chi connectivity index (χ0n) is 23.8. The molecule has 4 aromatic carbocycles. The number of rotatable bonds is 3. The number of hydrogen-bond acceptors (Lipinski definition) is 0. The Morgan fingerprint density at radius 3 is 0.909 bits per heavy atom. The van der Waals surface area contributed by atoms with Gasteiger partial charge in [0, 0.05) is 24.0 Å². The second kappa shape index (κ2) is 11.2. The fourth-order valence-electron chi connectivity index (χ4n) is 6.05. The smallest absolute Gasteiger partial charge is 0.115 e. The third-order valence-corrected chi connectivity index (χ3v) is 8.53. The Morgan fingerprint density at radius 2 is 0.523 bits per heavy atom. The molecule has 0 unspecified atom stereocenters. The van der Waals surface area contributed by atoms with Crippen LogP contribution in [-0.2, 0) is 7.05 Å². The maximum Gasteiger partial charge on any atom is 0.115 e. The van der Waals surface area contributed by atoms with Crippen molar-refractivity contribution in [2.75, 3.05) is 0 Å². The molecule has 5 aromatic rings. The highest BCUT2D eigenvalue weighted by atomic mass is 14.9. The number of benzene rings is 4. The van der Waals surface area contributed by atoms with Crippen molar-refractivity contribution in [2.45, 2.75) is 5.92 Å². The second-order valence-corrected chi connectivity index (χ2v) is 10.7. The van der Waals surface area contributed by atoms with Gasteiger partial charge in [0.15, 0.2) is 0 Å². The lowest BCUT2D eigenvalue weighted by Gasteiger charge is -2.35. The Bertz CT molecular complexity index is 1990. The molecule has 1 heterocycles. The van der Waals surface area contributed by atoms with Crippen molar-refractivity contribution in [2.24, 2.45) is 7.05 Å². The van der Waals surface area contributed by atoms with Gasteiger partial charge < -0.3 is 4.57 Å². The molecule has 1 nitrogen and oxygen atoms in total. The quantitative estimate of drug-likeness (QED) is 0.167. The third kappa shape index (κ3) is 4.31. The number of nitrogens with zero attached hydrogens (tertiary/aromatic N) is 1. The molecule has 0 fully saturated rings. The van der Waals surface area contributed by atoms with Gasteiger partial charge in [-0.15, -0.1) is 65.6 Å². The lowest BCUT2D eigenvalue weighted by Crippen LogP contribution is -2.60. The first-order chi connectivity index (χ1) is 20.4. The van der Waals surface area contributed by atoms with Crippen molar-refractivity contribution in [1.82, 2.24) is 4.57 Å². The van der Waals surface area contributed by atoms with Crippen LogP contribution in [0.1, 0.15) is 22.6 Å². The third-order valence-electron chi connectivity index (χ3n) is 8.53.